The zero-order chi connectivity index (χ0) is 25.1. The molecule has 2 amide bonds. The lowest BCUT2D eigenvalue weighted by Crippen LogP contribution is -2.44. The van der Waals surface area contributed by atoms with Crippen molar-refractivity contribution < 1.29 is 14.0 Å². The van der Waals surface area contributed by atoms with Gasteiger partial charge in [-0.15, -0.1) is 0 Å². The third-order valence-corrected chi connectivity index (χ3v) is 5.95. The molecular formula is C25H21FN6O2S. The van der Waals surface area contributed by atoms with Crippen LogP contribution >= 0.6 is 12.2 Å². The van der Waals surface area contributed by atoms with Crippen molar-refractivity contribution in [3.8, 4) is 6.07 Å². The summed E-state index contributed by atoms with van der Waals surface area (Å²) >= 11 is 5.64. The first-order valence-electron chi connectivity index (χ1n) is 10.8. The third kappa shape index (κ3) is 5.00. The summed E-state index contributed by atoms with van der Waals surface area (Å²) < 4.78 is 15.0. The number of nitrogens with zero attached hydrogens (tertiary/aromatic N) is 5. The number of benzene rings is 1. The molecule has 1 saturated heterocycles. The normalized spacial score (nSPS) is 13.9. The summed E-state index contributed by atoms with van der Waals surface area (Å²) in [5.74, 6) is -1.54. The Labute approximate surface area is 207 Å². The summed E-state index contributed by atoms with van der Waals surface area (Å²) in [7, 11) is 0. The molecule has 0 atom stereocenters. The first-order chi connectivity index (χ1) is 16.8. The van der Waals surface area contributed by atoms with Gasteiger partial charge in [0.15, 0.2) is 5.11 Å². The Balaban J connectivity index is 1.60. The van der Waals surface area contributed by atoms with Crippen molar-refractivity contribution in [1.82, 2.24) is 9.97 Å². The van der Waals surface area contributed by atoms with Gasteiger partial charge in [0.05, 0.1) is 29.3 Å². The molecule has 4 rings (SSSR count). The monoisotopic (exact) mass is 488 g/mol. The molecule has 1 N–H and O–H groups in total. The highest BCUT2D eigenvalue weighted by Crippen LogP contribution is 2.27. The van der Waals surface area contributed by atoms with Gasteiger partial charge in [0.25, 0.3) is 5.91 Å². The van der Waals surface area contributed by atoms with Crippen molar-refractivity contribution in [2.24, 2.45) is 0 Å². The molecule has 35 heavy (non-hydrogen) atoms. The van der Waals surface area contributed by atoms with Crippen molar-refractivity contribution in [3.05, 3.63) is 77.1 Å². The summed E-state index contributed by atoms with van der Waals surface area (Å²) in [6.45, 7) is 3.94. The number of carbonyl (C=O) groups is 2. The van der Waals surface area contributed by atoms with Crippen molar-refractivity contribution in [1.29, 1.82) is 5.26 Å². The standard InChI is InChI=1S/C25H21FN6O2S/c1-15-10-19(14-29-22(15)12-27)32-23(33)4-3-9-31(25(32)35)18-7-8-20(21(26)11-18)24(34)30-17-6-5-16(2)28-13-17/h5-8,10-11,13-14H,3-4,9H2,1-2H3,(H,30,34). The number of aryl methyl sites for hydroxylation is 2. The fourth-order valence-electron chi connectivity index (χ4n) is 3.71. The number of aromatic nitrogens is 2. The number of hydrogen-bond acceptors (Lipinski definition) is 6. The van der Waals surface area contributed by atoms with Gasteiger partial charge in [-0.3, -0.25) is 19.5 Å². The summed E-state index contributed by atoms with van der Waals surface area (Å²) in [5, 5.41) is 11.9. The highest BCUT2D eigenvalue weighted by Gasteiger charge is 2.30. The highest BCUT2D eigenvalue weighted by molar-refractivity contribution is 7.81. The van der Waals surface area contributed by atoms with E-state index >= 15 is 4.39 Å². The lowest BCUT2D eigenvalue weighted by atomic mass is 10.1. The number of halogens is 1. The summed E-state index contributed by atoms with van der Waals surface area (Å²) in [4.78, 5) is 36.7. The third-order valence-electron chi connectivity index (χ3n) is 5.55. The van der Waals surface area contributed by atoms with Gasteiger partial charge in [0.1, 0.15) is 17.6 Å². The Hall–Kier alpha value is -4.23. The molecular weight excluding hydrogens is 467 g/mol. The molecule has 0 saturated carbocycles. The molecule has 1 aromatic carbocycles. The van der Waals surface area contributed by atoms with E-state index in [1.54, 1.807) is 36.1 Å². The van der Waals surface area contributed by atoms with Crippen molar-refractivity contribution >= 4 is 46.2 Å². The van der Waals surface area contributed by atoms with Crippen LogP contribution < -0.4 is 15.1 Å². The van der Waals surface area contributed by atoms with Crippen LogP contribution in [0.1, 0.15) is 40.2 Å². The Morgan fingerprint density at radius 1 is 1.14 bits per heavy atom. The van der Waals surface area contributed by atoms with E-state index in [1.807, 2.05) is 13.0 Å². The summed E-state index contributed by atoms with van der Waals surface area (Å²) in [6, 6.07) is 11.3. The van der Waals surface area contributed by atoms with Crippen molar-refractivity contribution in [3.63, 3.8) is 0 Å². The highest BCUT2D eigenvalue weighted by atomic mass is 32.1. The van der Waals surface area contributed by atoms with E-state index in [4.69, 9.17) is 17.5 Å². The number of pyridine rings is 2. The second-order valence-corrected chi connectivity index (χ2v) is 8.41. The predicted molar refractivity (Wildman–Crippen MR) is 134 cm³/mol. The van der Waals surface area contributed by atoms with Gasteiger partial charge < -0.3 is 10.2 Å². The van der Waals surface area contributed by atoms with E-state index in [0.717, 1.165) is 5.69 Å². The molecule has 1 fully saturated rings. The van der Waals surface area contributed by atoms with E-state index in [9.17, 15) is 9.59 Å². The minimum atomic E-state index is -0.721. The Bertz CT molecular complexity index is 1370. The molecule has 0 spiro atoms. The molecule has 0 radical (unpaired) electrons. The number of rotatable bonds is 4. The number of thiocarbonyl (C=S) groups is 1. The topological polar surface area (TPSA) is 102 Å². The zero-order valence-electron chi connectivity index (χ0n) is 19.1. The maximum absolute atomic E-state index is 15.0. The first-order valence-corrected chi connectivity index (χ1v) is 11.2. The number of anilines is 3. The quantitative estimate of drug-likeness (QED) is 0.547. The lowest BCUT2D eigenvalue weighted by molar-refractivity contribution is -0.117. The second-order valence-electron chi connectivity index (χ2n) is 8.04. The van der Waals surface area contributed by atoms with Crippen LogP contribution in [0, 0.1) is 31.0 Å². The second kappa shape index (κ2) is 9.95. The number of carbonyl (C=O) groups excluding carboxylic acids is 2. The molecule has 176 valence electrons. The lowest BCUT2D eigenvalue weighted by Gasteiger charge is -2.29. The molecule has 0 bridgehead atoms. The molecule has 3 heterocycles. The van der Waals surface area contributed by atoms with Gasteiger partial charge in [-0.1, -0.05) is 0 Å². The molecule has 0 unspecified atom stereocenters. The van der Waals surface area contributed by atoms with Gasteiger partial charge in [0.2, 0.25) is 5.91 Å². The van der Waals surface area contributed by atoms with E-state index in [0.29, 0.717) is 35.6 Å². The van der Waals surface area contributed by atoms with Gasteiger partial charge in [-0.2, -0.15) is 5.26 Å². The number of amides is 2. The van der Waals surface area contributed by atoms with E-state index in [1.165, 1.54) is 29.4 Å². The maximum Gasteiger partial charge on any atom is 0.258 e. The zero-order valence-corrected chi connectivity index (χ0v) is 19.9. The van der Waals surface area contributed by atoms with Crippen LogP contribution in [0.3, 0.4) is 0 Å². The van der Waals surface area contributed by atoms with Crippen molar-refractivity contribution in [2.45, 2.75) is 26.7 Å². The molecule has 0 aliphatic carbocycles. The van der Waals surface area contributed by atoms with Crippen LogP contribution in [-0.2, 0) is 4.79 Å². The van der Waals surface area contributed by atoms with Crippen LogP contribution in [0.15, 0.2) is 48.8 Å². The molecule has 1 aliphatic heterocycles. The van der Waals surface area contributed by atoms with Crippen LogP contribution in [0.2, 0.25) is 0 Å². The smallest absolute Gasteiger partial charge is 0.258 e. The fourth-order valence-corrected chi connectivity index (χ4v) is 4.12. The Morgan fingerprint density at radius 2 is 1.94 bits per heavy atom. The largest absolute Gasteiger partial charge is 0.320 e. The van der Waals surface area contributed by atoms with E-state index < -0.39 is 11.7 Å². The predicted octanol–water partition coefficient (Wildman–Crippen LogP) is 4.27. The Kier molecular flexibility index (Phi) is 6.80. The van der Waals surface area contributed by atoms with E-state index in [2.05, 4.69) is 15.3 Å². The maximum atomic E-state index is 15.0. The van der Waals surface area contributed by atoms with Gasteiger partial charge in [-0.25, -0.2) is 9.37 Å². The van der Waals surface area contributed by atoms with Crippen LogP contribution in [-0.4, -0.2) is 33.4 Å². The van der Waals surface area contributed by atoms with Crippen LogP contribution in [0.25, 0.3) is 0 Å². The number of nitriles is 1. The Morgan fingerprint density at radius 3 is 2.60 bits per heavy atom. The molecule has 1 aliphatic rings. The van der Waals surface area contributed by atoms with Crippen LogP contribution in [0.5, 0.6) is 0 Å². The van der Waals surface area contributed by atoms with E-state index in [-0.39, 0.29) is 28.7 Å². The average Bonchev–Trinajstić information content (AvgIpc) is 2.97. The van der Waals surface area contributed by atoms with Gasteiger partial charge >= 0.3 is 0 Å². The minimum Gasteiger partial charge on any atom is -0.320 e. The van der Waals surface area contributed by atoms with Crippen molar-refractivity contribution in [2.75, 3.05) is 21.7 Å². The molecule has 8 nitrogen and oxygen atoms in total. The van der Waals surface area contributed by atoms with Crippen LogP contribution in [0.4, 0.5) is 21.5 Å². The first kappa shape index (κ1) is 23.9. The average molecular weight is 489 g/mol. The SMILES string of the molecule is Cc1ccc(NC(=O)c2ccc(N3CCCC(=O)N(c4cnc(C#N)c(C)c4)C3=S)cc2F)cn1. The number of nitrogens with one attached hydrogen (secondary N) is 1. The summed E-state index contributed by atoms with van der Waals surface area (Å²) in [5.41, 5.74) is 2.85. The van der Waals surface area contributed by atoms with Gasteiger partial charge in [0, 0.05) is 24.3 Å². The number of hydrogen-bond donors (Lipinski definition) is 1. The molecule has 2 aromatic heterocycles. The summed E-state index contributed by atoms with van der Waals surface area (Å²) in [6.07, 6.45) is 3.67. The molecule has 10 heteroatoms. The fraction of sp³-hybridized carbons (Fsp3) is 0.200. The van der Waals surface area contributed by atoms with Gasteiger partial charge in [-0.05, 0) is 74.4 Å². The minimum absolute atomic E-state index is 0.130. The molecule has 3 aromatic rings.